The Balaban J connectivity index is 2.02. The van der Waals surface area contributed by atoms with Crippen LogP contribution in [-0.4, -0.2) is 14.5 Å². The van der Waals surface area contributed by atoms with Crippen LogP contribution in [-0.2, 0) is 7.05 Å². The summed E-state index contributed by atoms with van der Waals surface area (Å²) in [6.07, 6.45) is 8.90. The summed E-state index contributed by atoms with van der Waals surface area (Å²) in [4.78, 5) is 8.66. The Hall–Kier alpha value is -2.88. The lowest BCUT2D eigenvalue weighted by Gasteiger charge is -2.04. The third-order valence-corrected chi connectivity index (χ3v) is 3.70. The topological polar surface area (TPSA) is 43.9 Å². The molecule has 0 amide bonds. The zero-order chi connectivity index (χ0) is 14.2. The molecule has 0 atom stereocenters. The quantitative estimate of drug-likeness (QED) is 0.557. The zero-order valence-electron chi connectivity index (χ0n) is 11.5. The Bertz CT molecular complexity index is 907. The molecule has 0 radical (unpaired) electrons. The van der Waals surface area contributed by atoms with Crippen LogP contribution in [0.1, 0.15) is 0 Å². The molecule has 0 fully saturated rings. The number of benzene rings is 1. The highest BCUT2D eigenvalue weighted by Gasteiger charge is 2.15. The summed E-state index contributed by atoms with van der Waals surface area (Å²) in [5, 5.41) is 1.18. The molecule has 0 aliphatic heterocycles. The Labute approximate surface area is 121 Å². The van der Waals surface area contributed by atoms with Crippen molar-refractivity contribution in [3.8, 4) is 22.4 Å². The zero-order valence-corrected chi connectivity index (χ0v) is 11.5. The van der Waals surface area contributed by atoms with E-state index in [1.54, 1.807) is 18.9 Å². The molecule has 0 aliphatic carbocycles. The van der Waals surface area contributed by atoms with E-state index in [1.807, 2.05) is 31.4 Å². The van der Waals surface area contributed by atoms with Gasteiger partial charge in [-0.15, -0.1) is 0 Å². The van der Waals surface area contributed by atoms with Crippen LogP contribution in [0.4, 0.5) is 0 Å². The van der Waals surface area contributed by atoms with Gasteiger partial charge in [0.1, 0.15) is 6.33 Å². The lowest BCUT2D eigenvalue weighted by molar-refractivity contribution is 0.568. The second kappa shape index (κ2) is 4.59. The van der Waals surface area contributed by atoms with Gasteiger partial charge in [0.25, 0.3) is 0 Å². The first kappa shape index (κ1) is 11.9. The Morgan fingerprint density at radius 3 is 2.86 bits per heavy atom. The number of hydrogen-bond acceptors (Lipinski definition) is 3. The predicted octanol–water partition coefficient (Wildman–Crippen LogP) is 3.90. The molecule has 21 heavy (non-hydrogen) atoms. The second-order valence-electron chi connectivity index (χ2n) is 4.97. The molecular weight excluding hydrogens is 262 g/mol. The van der Waals surface area contributed by atoms with Gasteiger partial charge in [-0.2, -0.15) is 0 Å². The van der Waals surface area contributed by atoms with Crippen LogP contribution in [0, 0.1) is 0 Å². The minimum atomic E-state index is 0.920. The number of aromatic nitrogens is 3. The standard InChI is InChI=1S/C17H13N3O/c1-20-9-15(13-4-2-3-5-16(13)20)17-14(8-18-11-19-17)12-6-7-21-10-12/h2-11H,1H3. The van der Waals surface area contributed by atoms with Crippen molar-refractivity contribution in [1.29, 1.82) is 0 Å². The number of furan rings is 1. The van der Waals surface area contributed by atoms with Crippen LogP contribution in [0.5, 0.6) is 0 Å². The van der Waals surface area contributed by atoms with E-state index in [9.17, 15) is 0 Å². The van der Waals surface area contributed by atoms with Gasteiger partial charge in [-0.1, -0.05) is 18.2 Å². The molecule has 0 saturated carbocycles. The van der Waals surface area contributed by atoms with Crippen molar-refractivity contribution in [3.63, 3.8) is 0 Å². The van der Waals surface area contributed by atoms with Crippen LogP contribution < -0.4 is 0 Å². The van der Waals surface area contributed by atoms with E-state index in [0.717, 1.165) is 22.4 Å². The highest BCUT2D eigenvalue weighted by atomic mass is 16.3. The van der Waals surface area contributed by atoms with E-state index < -0.39 is 0 Å². The van der Waals surface area contributed by atoms with Gasteiger partial charge in [-0.3, -0.25) is 0 Å². The molecule has 3 heterocycles. The van der Waals surface area contributed by atoms with E-state index in [-0.39, 0.29) is 0 Å². The Kier molecular flexibility index (Phi) is 2.60. The molecule has 4 aromatic rings. The van der Waals surface area contributed by atoms with Crippen LogP contribution in [0.2, 0.25) is 0 Å². The molecule has 0 bridgehead atoms. The van der Waals surface area contributed by atoms with Crippen molar-refractivity contribution in [2.75, 3.05) is 0 Å². The lowest BCUT2D eigenvalue weighted by Crippen LogP contribution is -1.89. The van der Waals surface area contributed by atoms with E-state index in [0.29, 0.717) is 0 Å². The first-order valence-electron chi connectivity index (χ1n) is 6.71. The van der Waals surface area contributed by atoms with Crippen molar-refractivity contribution in [2.45, 2.75) is 0 Å². The summed E-state index contributed by atoms with van der Waals surface area (Å²) in [6, 6.07) is 10.2. The van der Waals surface area contributed by atoms with Gasteiger partial charge in [0.2, 0.25) is 0 Å². The number of fused-ring (bicyclic) bond motifs is 1. The molecule has 0 spiro atoms. The number of rotatable bonds is 2. The summed E-state index contributed by atoms with van der Waals surface area (Å²) in [6.45, 7) is 0. The summed E-state index contributed by atoms with van der Waals surface area (Å²) in [5.41, 5.74) is 5.17. The van der Waals surface area contributed by atoms with Gasteiger partial charge in [-0.25, -0.2) is 9.97 Å². The number of para-hydroxylation sites is 1. The third kappa shape index (κ3) is 1.84. The highest BCUT2D eigenvalue weighted by molar-refractivity contribution is 5.98. The summed E-state index contributed by atoms with van der Waals surface area (Å²) >= 11 is 0. The molecule has 0 unspecified atom stereocenters. The largest absolute Gasteiger partial charge is 0.472 e. The normalized spacial score (nSPS) is 11.1. The van der Waals surface area contributed by atoms with E-state index in [2.05, 4.69) is 32.9 Å². The first-order valence-corrected chi connectivity index (χ1v) is 6.71. The smallest absolute Gasteiger partial charge is 0.116 e. The van der Waals surface area contributed by atoms with Crippen molar-refractivity contribution in [2.24, 2.45) is 7.05 Å². The molecule has 102 valence electrons. The van der Waals surface area contributed by atoms with Gasteiger partial charge in [0.15, 0.2) is 0 Å². The fourth-order valence-electron chi connectivity index (χ4n) is 2.70. The summed E-state index contributed by atoms with van der Waals surface area (Å²) in [5.74, 6) is 0. The molecule has 4 rings (SSSR count). The Morgan fingerprint density at radius 2 is 2.00 bits per heavy atom. The molecule has 0 saturated heterocycles. The van der Waals surface area contributed by atoms with Crippen molar-refractivity contribution in [3.05, 3.63) is 61.6 Å². The predicted molar refractivity (Wildman–Crippen MR) is 81.6 cm³/mol. The fourth-order valence-corrected chi connectivity index (χ4v) is 2.70. The minimum Gasteiger partial charge on any atom is -0.472 e. The van der Waals surface area contributed by atoms with E-state index >= 15 is 0 Å². The van der Waals surface area contributed by atoms with Gasteiger partial charge >= 0.3 is 0 Å². The molecule has 1 aromatic carbocycles. The first-order chi connectivity index (χ1) is 10.3. The monoisotopic (exact) mass is 275 g/mol. The SMILES string of the molecule is Cn1cc(-c2ncncc2-c2ccoc2)c2ccccc21. The fraction of sp³-hybridized carbons (Fsp3) is 0.0588. The van der Waals surface area contributed by atoms with E-state index in [1.165, 1.54) is 10.9 Å². The van der Waals surface area contributed by atoms with Crippen molar-refractivity contribution >= 4 is 10.9 Å². The molecule has 4 nitrogen and oxygen atoms in total. The van der Waals surface area contributed by atoms with Gasteiger partial charge in [0, 0.05) is 47.0 Å². The van der Waals surface area contributed by atoms with Gasteiger partial charge in [-0.05, 0) is 12.1 Å². The third-order valence-electron chi connectivity index (χ3n) is 3.70. The summed E-state index contributed by atoms with van der Waals surface area (Å²) < 4.78 is 7.31. The Morgan fingerprint density at radius 1 is 1.10 bits per heavy atom. The highest BCUT2D eigenvalue weighted by Crippen LogP contribution is 2.34. The average Bonchev–Trinajstić information content (AvgIpc) is 3.16. The van der Waals surface area contributed by atoms with Crippen molar-refractivity contribution < 1.29 is 4.42 Å². The number of aryl methyl sites for hydroxylation is 1. The van der Waals surface area contributed by atoms with Crippen molar-refractivity contribution in [1.82, 2.24) is 14.5 Å². The number of hydrogen-bond donors (Lipinski definition) is 0. The number of nitrogens with zero attached hydrogens (tertiary/aromatic N) is 3. The molecular formula is C17H13N3O. The van der Waals surface area contributed by atoms with Gasteiger partial charge in [0.05, 0.1) is 18.2 Å². The lowest BCUT2D eigenvalue weighted by atomic mass is 10.0. The molecule has 4 heteroatoms. The maximum absolute atomic E-state index is 5.19. The van der Waals surface area contributed by atoms with Crippen LogP contribution in [0.3, 0.4) is 0 Å². The van der Waals surface area contributed by atoms with Crippen LogP contribution in [0.15, 0.2) is 66.0 Å². The second-order valence-corrected chi connectivity index (χ2v) is 4.97. The van der Waals surface area contributed by atoms with E-state index in [4.69, 9.17) is 4.42 Å². The molecule has 0 aliphatic rings. The molecule has 3 aromatic heterocycles. The minimum absolute atomic E-state index is 0.920. The van der Waals surface area contributed by atoms with Crippen LogP contribution in [0.25, 0.3) is 33.3 Å². The molecule has 0 N–H and O–H groups in total. The maximum atomic E-state index is 5.19. The van der Waals surface area contributed by atoms with Crippen LogP contribution >= 0.6 is 0 Å². The summed E-state index contributed by atoms with van der Waals surface area (Å²) in [7, 11) is 2.05. The maximum Gasteiger partial charge on any atom is 0.116 e. The van der Waals surface area contributed by atoms with Gasteiger partial charge < -0.3 is 8.98 Å². The average molecular weight is 275 g/mol.